The predicted octanol–water partition coefficient (Wildman–Crippen LogP) is 3.73. The molecule has 1 amide bonds. The number of hydrogen-bond donors (Lipinski definition) is 2. The van der Waals surface area contributed by atoms with Crippen molar-refractivity contribution in [2.45, 2.75) is 19.9 Å². The number of thiazole rings is 1. The van der Waals surface area contributed by atoms with Crippen molar-refractivity contribution in [3.8, 4) is 11.3 Å². The molecule has 0 atom stereocenters. The van der Waals surface area contributed by atoms with Crippen molar-refractivity contribution in [2.24, 2.45) is 0 Å². The molecule has 0 fully saturated rings. The number of para-hydroxylation sites is 1. The van der Waals surface area contributed by atoms with Gasteiger partial charge in [0.1, 0.15) is 6.54 Å². The number of benzene rings is 2. The summed E-state index contributed by atoms with van der Waals surface area (Å²) in [5.41, 5.74) is 5.14. The number of hydrogen-bond acceptors (Lipinski definition) is 3. The first-order valence-corrected chi connectivity index (χ1v) is 10.1. The lowest BCUT2D eigenvalue weighted by Crippen LogP contribution is -2.32. The van der Waals surface area contributed by atoms with Crippen LogP contribution < -0.4 is 10.2 Å². The Kier molecular flexibility index (Phi) is 5.12. The molecule has 4 aromatic rings. The molecule has 0 aliphatic rings. The second-order valence-corrected chi connectivity index (χ2v) is 7.62. The lowest BCUT2D eigenvalue weighted by Gasteiger charge is -2.09. The minimum Gasteiger partial charge on any atom is -0.361 e. The Morgan fingerprint density at radius 1 is 1.14 bits per heavy atom. The smallest absolute Gasteiger partial charge is 0.308 e. The van der Waals surface area contributed by atoms with Gasteiger partial charge in [-0.25, -0.2) is 0 Å². The average Bonchev–Trinajstić information content (AvgIpc) is 3.27. The van der Waals surface area contributed by atoms with E-state index in [0.717, 1.165) is 40.1 Å². The molecule has 28 heavy (non-hydrogen) atoms. The number of H-pyrrole nitrogens is 1. The molecule has 0 radical (unpaired) electrons. The maximum atomic E-state index is 12.4. The first-order chi connectivity index (χ1) is 13.6. The average molecular weight is 391 g/mol. The van der Waals surface area contributed by atoms with Crippen molar-refractivity contribution in [1.82, 2.24) is 14.9 Å². The number of carbonyl (C=O) groups is 1. The molecular weight excluding hydrogens is 370 g/mol. The third kappa shape index (κ3) is 3.77. The number of carbonyl (C=O) groups excluding carboxylic acids is 1. The highest BCUT2D eigenvalue weighted by atomic mass is 32.1. The molecule has 0 unspecified atom stereocenters. The van der Waals surface area contributed by atoms with E-state index in [1.807, 2.05) is 61.0 Å². The number of fused-ring (bicyclic) bond motifs is 1. The van der Waals surface area contributed by atoms with Crippen molar-refractivity contribution in [3.05, 3.63) is 80.9 Å². The summed E-state index contributed by atoms with van der Waals surface area (Å²) in [6.07, 6.45) is 2.72. The number of aromatic amines is 1. The van der Waals surface area contributed by atoms with Crippen molar-refractivity contribution in [3.63, 3.8) is 0 Å². The molecule has 2 aromatic heterocycles. The van der Waals surface area contributed by atoms with Gasteiger partial charge >= 0.3 is 4.87 Å². The monoisotopic (exact) mass is 391 g/mol. The fraction of sp³-hybridized carbons (Fsp3) is 0.182. The van der Waals surface area contributed by atoms with Crippen LogP contribution in [0.2, 0.25) is 0 Å². The van der Waals surface area contributed by atoms with Crippen molar-refractivity contribution in [2.75, 3.05) is 6.54 Å². The summed E-state index contributed by atoms with van der Waals surface area (Å²) in [5, 5.41) is 5.92. The van der Waals surface area contributed by atoms with Gasteiger partial charge in [-0.1, -0.05) is 59.4 Å². The molecule has 6 heteroatoms. The topological polar surface area (TPSA) is 66.9 Å². The van der Waals surface area contributed by atoms with Crippen LogP contribution in [0, 0.1) is 6.92 Å². The maximum Gasteiger partial charge on any atom is 0.308 e. The van der Waals surface area contributed by atoms with E-state index in [2.05, 4.69) is 16.4 Å². The highest BCUT2D eigenvalue weighted by molar-refractivity contribution is 7.07. The van der Waals surface area contributed by atoms with E-state index in [0.29, 0.717) is 6.54 Å². The Balaban J connectivity index is 1.41. The molecule has 2 aromatic carbocycles. The molecule has 0 spiro atoms. The Hall–Kier alpha value is -3.12. The normalized spacial score (nSPS) is 11.0. The van der Waals surface area contributed by atoms with Gasteiger partial charge in [0.2, 0.25) is 5.91 Å². The molecule has 0 aliphatic heterocycles. The molecule has 2 heterocycles. The van der Waals surface area contributed by atoms with E-state index in [4.69, 9.17) is 0 Å². The van der Waals surface area contributed by atoms with Crippen LogP contribution in [-0.2, 0) is 17.8 Å². The van der Waals surface area contributed by atoms with Crippen molar-refractivity contribution < 1.29 is 4.79 Å². The first kappa shape index (κ1) is 18.3. The molecule has 2 N–H and O–H groups in total. The first-order valence-electron chi connectivity index (χ1n) is 9.19. The Morgan fingerprint density at radius 2 is 1.93 bits per heavy atom. The highest BCUT2D eigenvalue weighted by Crippen LogP contribution is 2.20. The van der Waals surface area contributed by atoms with Crippen molar-refractivity contribution in [1.29, 1.82) is 0 Å². The summed E-state index contributed by atoms with van der Waals surface area (Å²) in [5.74, 6) is -0.159. The van der Waals surface area contributed by atoms with E-state index in [-0.39, 0.29) is 17.3 Å². The standard InChI is InChI=1S/C22H21N3O2S/c1-15-6-8-16(9-7-15)20-14-28-22(27)25(20)13-21(26)23-11-10-17-12-24-19-5-3-2-4-18(17)19/h2-9,12,14,24H,10-11,13H2,1H3,(H,23,26). The second kappa shape index (κ2) is 7.86. The molecule has 5 nitrogen and oxygen atoms in total. The Bertz CT molecular complexity index is 1170. The van der Waals surface area contributed by atoms with Gasteiger partial charge in [-0.2, -0.15) is 0 Å². The van der Waals surface area contributed by atoms with Crippen LogP contribution in [0.1, 0.15) is 11.1 Å². The Labute approximate surface area is 166 Å². The number of nitrogens with one attached hydrogen (secondary N) is 2. The number of aryl methyl sites for hydroxylation is 1. The number of amides is 1. The molecule has 0 saturated heterocycles. The van der Waals surface area contributed by atoms with Crippen LogP contribution in [0.4, 0.5) is 0 Å². The predicted molar refractivity (Wildman–Crippen MR) is 114 cm³/mol. The largest absolute Gasteiger partial charge is 0.361 e. The SMILES string of the molecule is Cc1ccc(-c2csc(=O)n2CC(=O)NCCc2c[nH]c3ccccc23)cc1. The minimum absolute atomic E-state index is 0.0272. The molecule has 0 bridgehead atoms. The summed E-state index contributed by atoms with van der Waals surface area (Å²) < 4.78 is 1.54. The molecule has 0 aliphatic carbocycles. The molecule has 142 valence electrons. The third-order valence-corrected chi connectivity index (χ3v) is 5.59. The lowest BCUT2D eigenvalue weighted by molar-refractivity contribution is -0.121. The fourth-order valence-corrected chi connectivity index (χ4v) is 4.07. The molecule has 4 rings (SSSR count). The van der Waals surface area contributed by atoms with Gasteiger partial charge in [0.05, 0.1) is 5.69 Å². The van der Waals surface area contributed by atoms with Crippen LogP contribution in [0.3, 0.4) is 0 Å². The van der Waals surface area contributed by atoms with Gasteiger partial charge in [-0.05, 0) is 30.5 Å². The minimum atomic E-state index is -0.159. The zero-order valence-corrected chi connectivity index (χ0v) is 16.4. The second-order valence-electron chi connectivity index (χ2n) is 6.80. The number of nitrogens with zero attached hydrogens (tertiary/aromatic N) is 1. The third-order valence-electron chi connectivity index (χ3n) is 4.82. The van der Waals surface area contributed by atoms with E-state index in [1.54, 1.807) is 0 Å². The quantitative estimate of drug-likeness (QED) is 0.526. The van der Waals surface area contributed by atoms with Crippen molar-refractivity contribution >= 4 is 28.1 Å². The number of aromatic nitrogens is 2. The summed E-state index contributed by atoms with van der Waals surface area (Å²) >= 11 is 1.12. The van der Waals surface area contributed by atoms with Crippen LogP contribution in [0.25, 0.3) is 22.2 Å². The fourth-order valence-electron chi connectivity index (χ4n) is 3.30. The number of rotatable bonds is 6. The van der Waals surface area contributed by atoms with E-state index >= 15 is 0 Å². The molecular formula is C22H21N3O2S. The summed E-state index contributed by atoms with van der Waals surface area (Å²) in [6.45, 7) is 2.57. The van der Waals surface area contributed by atoms with E-state index in [9.17, 15) is 9.59 Å². The summed E-state index contributed by atoms with van der Waals surface area (Å²) in [7, 11) is 0. The van der Waals surface area contributed by atoms with Gasteiger partial charge in [0.15, 0.2) is 0 Å². The zero-order chi connectivity index (χ0) is 19.5. The summed E-state index contributed by atoms with van der Waals surface area (Å²) in [6, 6.07) is 16.1. The van der Waals surface area contributed by atoms with E-state index in [1.165, 1.54) is 15.5 Å². The van der Waals surface area contributed by atoms with Crippen LogP contribution in [-0.4, -0.2) is 22.0 Å². The highest BCUT2D eigenvalue weighted by Gasteiger charge is 2.12. The van der Waals surface area contributed by atoms with Gasteiger partial charge in [-0.15, -0.1) is 0 Å². The van der Waals surface area contributed by atoms with Crippen LogP contribution in [0.5, 0.6) is 0 Å². The van der Waals surface area contributed by atoms with Gasteiger partial charge in [-0.3, -0.25) is 14.2 Å². The summed E-state index contributed by atoms with van der Waals surface area (Å²) in [4.78, 5) is 27.8. The van der Waals surface area contributed by atoms with Gasteiger partial charge in [0.25, 0.3) is 0 Å². The van der Waals surface area contributed by atoms with Gasteiger partial charge in [0, 0.05) is 29.0 Å². The van der Waals surface area contributed by atoms with Gasteiger partial charge < -0.3 is 10.3 Å². The zero-order valence-electron chi connectivity index (χ0n) is 15.6. The lowest BCUT2D eigenvalue weighted by atomic mass is 10.1. The van der Waals surface area contributed by atoms with Crippen LogP contribution in [0.15, 0.2) is 64.9 Å². The molecule has 0 saturated carbocycles. The van der Waals surface area contributed by atoms with Crippen LogP contribution >= 0.6 is 11.3 Å². The van der Waals surface area contributed by atoms with E-state index < -0.39 is 0 Å². The maximum absolute atomic E-state index is 12.4. The Morgan fingerprint density at radius 3 is 2.75 bits per heavy atom.